The molecule has 74 valence electrons. The van der Waals surface area contributed by atoms with E-state index in [-0.39, 0.29) is 12.0 Å². The fourth-order valence-electron chi connectivity index (χ4n) is 0.878. The van der Waals surface area contributed by atoms with Crippen LogP contribution in [0, 0.1) is 17.8 Å². The Bertz CT molecular complexity index is 215. The third-order valence-electron chi connectivity index (χ3n) is 2.03. The topological polar surface area (TPSA) is 49.3 Å². The van der Waals surface area contributed by atoms with Gasteiger partial charge in [-0.05, 0) is 13.8 Å². The molecule has 2 atom stereocenters. The highest BCUT2D eigenvalue weighted by atomic mass is 16.4. The molecule has 0 spiro atoms. The summed E-state index contributed by atoms with van der Waals surface area (Å²) in [5, 5.41) is 11.8. The normalized spacial score (nSPS) is 14.1. The van der Waals surface area contributed by atoms with Gasteiger partial charge in [-0.25, -0.2) is 0 Å². The van der Waals surface area contributed by atoms with Crippen molar-refractivity contribution in [1.82, 2.24) is 5.32 Å². The Morgan fingerprint density at radius 1 is 1.54 bits per heavy atom. The van der Waals surface area contributed by atoms with Crippen LogP contribution in [0.3, 0.4) is 0 Å². The highest BCUT2D eigenvalue weighted by Crippen LogP contribution is 2.01. The molecule has 0 bridgehead atoms. The Labute approximate surface area is 79.5 Å². The molecular weight excluding hydrogens is 166 g/mol. The van der Waals surface area contributed by atoms with Crippen LogP contribution in [0.15, 0.2) is 0 Å². The maximum Gasteiger partial charge on any atom is 0.307 e. The highest BCUT2D eigenvalue weighted by molar-refractivity contribution is 5.70. The average molecular weight is 183 g/mol. The minimum atomic E-state index is -0.762. The first-order valence-corrected chi connectivity index (χ1v) is 4.45. The van der Waals surface area contributed by atoms with Crippen molar-refractivity contribution in [2.24, 2.45) is 5.92 Å². The fraction of sp³-hybridized carbons (Fsp3) is 0.700. The molecule has 0 heterocycles. The SMILES string of the molecule is CC#CCCNC(C)C(C)C(=O)O. The number of carboxylic acids is 1. The van der Waals surface area contributed by atoms with E-state index in [0.29, 0.717) is 0 Å². The smallest absolute Gasteiger partial charge is 0.307 e. The third kappa shape index (κ3) is 5.26. The van der Waals surface area contributed by atoms with Crippen LogP contribution in [0.4, 0.5) is 0 Å². The minimum absolute atomic E-state index is 0.00356. The summed E-state index contributed by atoms with van der Waals surface area (Å²) in [6, 6.07) is -0.00356. The molecule has 0 fully saturated rings. The van der Waals surface area contributed by atoms with E-state index in [1.807, 2.05) is 6.92 Å². The van der Waals surface area contributed by atoms with Crippen LogP contribution in [0.1, 0.15) is 27.2 Å². The van der Waals surface area contributed by atoms with Gasteiger partial charge in [-0.2, -0.15) is 0 Å². The van der Waals surface area contributed by atoms with Crippen molar-refractivity contribution in [2.75, 3.05) is 6.54 Å². The molecule has 0 aliphatic heterocycles. The molecule has 3 nitrogen and oxygen atoms in total. The van der Waals surface area contributed by atoms with Gasteiger partial charge in [0.1, 0.15) is 0 Å². The molecule has 3 heteroatoms. The number of nitrogens with one attached hydrogen (secondary N) is 1. The molecule has 0 amide bonds. The van der Waals surface area contributed by atoms with E-state index in [2.05, 4.69) is 17.2 Å². The number of carbonyl (C=O) groups is 1. The van der Waals surface area contributed by atoms with E-state index in [1.54, 1.807) is 13.8 Å². The molecule has 13 heavy (non-hydrogen) atoms. The summed E-state index contributed by atoms with van der Waals surface area (Å²) >= 11 is 0. The van der Waals surface area contributed by atoms with Gasteiger partial charge in [-0.3, -0.25) is 4.79 Å². The van der Waals surface area contributed by atoms with Crippen molar-refractivity contribution in [1.29, 1.82) is 0 Å². The summed E-state index contributed by atoms with van der Waals surface area (Å²) in [5.41, 5.74) is 0. The Morgan fingerprint density at radius 2 is 2.15 bits per heavy atom. The van der Waals surface area contributed by atoms with E-state index in [1.165, 1.54) is 0 Å². The summed E-state index contributed by atoms with van der Waals surface area (Å²) in [6.45, 7) is 6.12. The van der Waals surface area contributed by atoms with E-state index < -0.39 is 5.97 Å². The molecular formula is C10H17NO2. The van der Waals surface area contributed by atoms with Crippen LogP contribution < -0.4 is 5.32 Å². The third-order valence-corrected chi connectivity index (χ3v) is 2.03. The minimum Gasteiger partial charge on any atom is -0.481 e. The predicted molar refractivity (Wildman–Crippen MR) is 52.3 cm³/mol. The molecule has 0 aromatic rings. The number of hydrogen-bond donors (Lipinski definition) is 2. The molecule has 0 saturated carbocycles. The van der Waals surface area contributed by atoms with E-state index >= 15 is 0 Å². The van der Waals surface area contributed by atoms with Crippen LogP contribution in [0.2, 0.25) is 0 Å². The lowest BCUT2D eigenvalue weighted by Crippen LogP contribution is -2.36. The van der Waals surface area contributed by atoms with Crippen molar-refractivity contribution in [3.63, 3.8) is 0 Å². The monoisotopic (exact) mass is 183 g/mol. The Morgan fingerprint density at radius 3 is 2.62 bits per heavy atom. The zero-order valence-corrected chi connectivity index (χ0v) is 8.42. The summed E-state index contributed by atoms with van der Waals surface area (Å²) in [6.07, 6.45) is 0.771. The van der Waals surface area contributed by atoms with Crippen molar-refractivity contribution in [2.45, 2.75) is 33.2 Å². The Balaban J connectivity index is 3.65. The quantitative estimate of drug-likeness (QED) is 0.495. The van der Waals surface area contributed by atoms with Crippen molar-refractivity contribution < 1.29 is 9.90 Å². The largest absolute Gasteiger partial charge is 0.481 e. The molecule has 0 saturated heterocycles. The lowest BCUT2D eigenvalue weighted by atomic mass is 10.0. The van der Waals surface area contributed by atoms with Crippen LogP contribution in [0.25, 0.3) is 0 Å². The van der Waals surface area contributed by atoms with Gasteiger partial charge in [-0.15, -0.1) is 11.8 Å². The second-order valence-corrected chi connectivity index (χ2v) is 3.05. The van der Waals surface area contributed by atoms with Crippen LogP contribution in [0.5, 0.6) is 0 Å². The van der Waals surface area contributed by atoms with Gasteiger partial charge in [0, 0.05) is 19.0 Å². The first-order chi connectivity index (χ1) is 6.09. The Hall–Kier alpha value is -1.01. The molecule has 0 radical (unpaired) electrons. The van der Waals surface area contributed by atoms with Gasteiger partial charge in [0.05, 0.1) is 5.92 Å². The maximum absolute atomic E-state index is 10.6. The summed E-state index contributed by atoms with van der Waals surface area (Å²) in [7, 11) is 0. The van der Waals surface area contributed by atoms with Crippen LogP contribution in [-0.2, 0) is 4.79 Å². The van der Waals surface area contributed by atoms with Gasteiger partial charge in [-0.1, -0.05) is 6.92 Å². The standard InChI is InChI=1S/C10H17NO2/c1-4-5-6-7-11-9(3)8(2)10(12)13/h8-9,11H,6-7H2,1-3H3,(H,12,13). The van der Waals surface area contributed by atoms with Crippen molar-refractivity contribution >= 4 is 5.97 Å². The number of hydrogen-bond acceptors (Lipinski definition) is 2. The van der Waals surface area contributed by atoms with Crippen molar-refractivity contribution in [3.05, 3.63) is 0 Å². The summed E-state index contributed by atoms with van der Waals surface area (Å²) in [5.74, 6) is 4.58. The molecule has 2 unspecified atom stereocenters. The van der Waals surface area contributed by atoms with Gasteiger partial charge < -0.3 is 10.4 Å². The zero-order chi connectivity index (χ0) is 10.3. The molecule has 0 rings (SSSR count). The van der Waals surface area contributed by atoms with Gasteiger partial charge >= 0.3 is 5.97 Å². The number of rotatable bonds is 5. The number of aliphatic carboxylic acids is 1. The lowest BCUT2D eigenvalue weighted by molar-refractivity contribution is -0.141. The van der Waals surface area contributed by atoms with Crippen molar-refractivity contribution in [3.8, 4) is 11.8 Å². The van der Waals surface area contributed by atoms with Crippen LogP contribution >= 0.6 is 0 Å². The van der Waals surface area contributed by atoms with Crippen LogP contribution in [-0.4, -0.2) is 23.7 Å². The predicted octanol–water partition coefficient (Wildman–Crippen LogP) is 1.10. The second-order valence-electron chi connectivity index (χ2n) is 3.05. The maximum atomic E-state index is 10.6. The fourth-order valence-corrected chi connectivity index (χ4v) is 0.878. The first-order valence-electron chi connectivity index (χ1n) is 4.45. The summed E-state index contributed by atoms with van der Waals surface area (Å²) in [4.78, 5) is 10.6. The molecule has 0 aliphatic rings. The molecule has 0 aliphatic carbocycles. The zero-order valence-electron chi connectivity index (χ0n) is 8.42. The van der Waals surface area contributed by atoms with E-state index in [4.69, 9.17) is 5.11 Å². The molecule has 2 N–H and O–H groups in total. The second kappa shape index (κ2) is 6.50. The highest BCUT2D eigenvalue weighted by Gasteiger charge is 2.17. The van der Waals surface area contributed by atoms with Gasteiger partial charge in [0.2, 0.25) is 0 Å². The van der Waals surface area contributed by atoms with Gasteiger partial charge in [0.15, 0.2) is 0 Å². The number of carboxylic acid groups (broad SMARTS) is 1. The van der Waals surface area contributed by atoms with E-state index in [9.17, 15) is 4.79 Å². The van der Waals surface area contributed by atoms with Gasteiger partial charge in [0.25, 0.3) is 0 Å². The van der Waals surface area contributed by atoms with E-state index in [0.717, 1.165) is 13.0 Å². The lowest BCUT2D eigenvalue weighted by Gasteiger charge is -2.16. The summed E-state index contributed by atoms with van der Waals surface area (Å²) < 4.78 is 0. The molecule has 0 aromatic carbocycles. The average Bonchev–Trinajstić information content (AvgIpc) is 2.10. The molecule has 0 aromatic heterocycles. The Kier molecular flexibility index (Phi) is 5.99. The first kappa shape index (κ1) is 12.0.